The highest BCUT2D eigenvalue weighted by molar-refractivity contribution is 7.86. The summed E-state index contributed by atoms with van der Waals surface area (Å²) in [6.07, 6.45) is 0. The molecule has 0 aliphatic carbocycles. The Kier molecular flexibility index (Phi) is 5.65. The monoisotopic (exact) mass is 361 g/mol. The maximum Gasteiger partial charge on any atom is 0.237 e. The van der Waals surface area contributed by atoms with Gasteiger partial charge in [-0.2, -0.15) is 0 Å². The maximum atomic E-state index is 12.1. The van der Waals surface area contributed by atoms with Gasteiger partial charge < -0.3 is 5.32 Å². The topological polar surface area (TPSA) is 46.2 Å². The summed E-state index contributed by atoms with van der Waals surface area (Å²) in [4.78, 5) is 12.3. The van der Waals surface area contributed by atoms with Crippen LogP contribution in [-0.4, -0.2) is 15.9 Å². The Morgan fingerprint density at radius 1 is 1.05 bits per heavy atom. The van der Waals surface area contributed by atoms with E-state index in [2.05, 4.69) is 5.32 Å². The Morgan fingerprint density at radius 2 is 1.76 bits per heavy atom. The first-order chi connectivity index (χ1) is 9.97. The number of anilines is 1. The van der Waals surface area contributed by atoms with Gasteiger partial charge in [-0.15, -0.1) is 0 Å². The molecule has 2 aromatic rings. The molecule has 1 N–H and O–H groups in total. The van der Waals surface area contributed by atoms with Gasteiger partial charge in [0, 0.05) is 5.02 Å². The minimum absolute atomic E-state index is 0.206. The number of hydrogen-bond donors (Lipinski definition) is 1. The van der Waals surface area contributed by atoms with E-state index in [-0.39, 0.29) is 5.75 Å². The molecule has 0 radical (unpaired) electrons. The lowest BCUT2D eigenvalue weighted by Gasteiger charge is -2.08. The number of amides is 1. The largest absolute Gasteiger partial charge is 0.324 e. The number of hydrogen-bond acceptors (Lipinski definition) is 2. The van der Waals surface area contributed by atoms with Gasteiger partial charge in [-0.05, 0) is 30.3 Å². The fourth-order valence-corrected chi connectivity index (χ4v) is 3.43. The van der Waals surface area contributed by atoms with Gasteiger partial charge in [-0.1, -0.05) is 46.9 Å². The van der Waals surface area contributed by atoms with E-state index >= 15 is 0 Å². The summed E-state index contributed by atoms with van der Waals surface area (Å²) in [6.45, 7) is 0. The molecule has 0 saturated carbocycles. The van der Waals surface area contributed by atoms with Crippen LogP contribution in [-0.2, 0) is 15.6 Å². The standard InChI is InChI=1S/C14H10Cl3NO2S/c15-9-5-6-12(11(17)7-9)18-14(19)8-21(20)13-4-2-1-3-10(13)16/h1-7H,8H2,(H,18,19)/t21-/m0/s1. The van der Waals surface area contributed by atoms with Crippen LogP contribution in [0.25, 0.3) is 0 Å². The summed E-state index contributed by atoms with van der Waals surface area (Å²) in [5, 5.41) is 3.75. The molecule has 0 aliphatic heterocycles. The molecule has 0 aromatic heterocycles. The first kappa shape index (κ1) is 16.3. The smallest absolute Gasteiger partial charge is 0.237 e. The van der Waals surface area contributed by atoms with Crippen molar-refractivity contribution < 1.29 is 9.00 Å². The minimum Gasteiger partial charge on any atom is -0.324 e. The highest BCUT2D eigenvalue weighted by Gasteiger charge is 2.14. The summed E-state index contributed by atoms with van der Waals surface area (Å²) in [5.74, 6) is -0.625. The molecule has 1 atom stereocenters. The molecule has 2 aromatic carbocycles. The number of carbonyl (C=O) groups is 1. The third-order valence-electron chi connectivity index (χ3n) is 2.55. The first-order valence-electron chi connectivity index (χ1n) is 5.85. The number of benzene rings is 2. The third kappa shape index (κ3) is 4.45. The lowest BCUT2D eigenvalue weighted by atomic mass is 10.3. The van der Waals surface area contributed by atoms with Gasteiger partial charge in [-0.3, -0.25) is 9.00 Å². The minimum atomic E-state index is -1.52. The van der Waals surface area contributed by atoms with Crippen LogP contribution >= 0.6 is 34.8 Å². The van der Waals surface area contributed by atoms with E-state index in [0.29, 0.717) is 25.7 Å². The number of carbonyl (C=O) groups excluding carboxylic acids is 1. The molecule has 0 bridgehead atoms. The second-order valence-electron chi connectivity index (χ2n) is 4.09. The second kappa shape index (κ2) is 7.27. The van der Waals surface area contributed by atoms with Gasteiger partial charge in [0.2, 0.25) is 5.91 Å². The maximum absolute atomic E-state index is 12.1. The van der Waals surface area contributed by atoms with E-state index < -0.39 is 16.7 Å². The fraction of sp³-hybridized carbons (Fsp3) is 0.0714. The molecular weight excluding hydrogens is 353 g/mol. The van der Waals surface area contributed by atoms with Crippen LogP contribution in [0.1, 0.15) is 0 Å². The molecule has 110 valence electrons. The van der Waals surface area contributed by atoms with Gasteiger partial charge in [0.05, 0.1) is 31.4 Å². The van der Waals surface area contributed by atoms with Gasteiger partial charge >= 0.3 is 0 Å². The Balaban J connectivity index is 2.05. The average Bonchev–Trinajstić information content (AvgIpc) is 2.42. The van der Waals surface area contributed by atoms with Crippen molar-refractivity contribution in [3.8, 4) is 0 Å². The van der Waals surface area contributed by atoms with Crippen molar-refractivity contribution in [2.45, 2.75) is 4.90 Å². The zero-order valence-electron chi connectivity index (χ0n) is 10.6. The first-order valence-corrected chi connectivity index (χ1v) is 8.30. The predicted molar refractivity (Wildman–Crippen MR) is 87.8 cm³/mol. The van der Waals surface area contributed by atoms with Crippen molar-refractivity contribution in [2.24, 2.45) is 0 Å². The van der Waals surface area contributed by atoms with Crippen molar-refractivity contribution in [1.29, 1.82) is 0 Å². The summed E-state index contributed by atoms with van der Waals surface area (Å²) >= 11 is 17.7. The Hall–Kier alpha value is -1.07. The predicted octanol–water partition coefficient (Wildman–Crippen LogP) is 4.39. The molecule has 2 rings (SSSR count). The van der Waals surface area contributed by atoms with Gasteiger partial charge in [0.1, 0.15) is 5.75 Å². The van der Waals surface area contributed by atoms with Gasteiger partial charge in [-0.25, -0.2) is 0 Å². The van der Waals surface area contributed by atoms with Crippen LogP contribution < -0.4 is 5.32 Å². The summed E-state index contributed by atoms with van der Waals surface area (Å²) in [5.41, 5.74) is 0.419. The zero-order valence-corrected chi connectivity index (χ0v) is 13.7. The van der Waals surface area contributed by atoms with Crippen molar-refractivity contribution in [1.82, 2.24) is 0 Å². The molecule has 0 aliphatic rings. The molecular formula is C14H10Cl3NO2S. The van der Waals surface area contributed by atoms with Crippen molar-refractivity contribution in [3.05, 3.63) is 57.5 Å². The molecule has 21 heavy (non-hydrogen) atoms. The van der Waals surface area contributed by atoms with E-state index in [0.717, 1.165) is 0 Å². The average molecular weight is 363 g/mol. The van der Waals surface area contributed by atoms with E-state index in [1.165, 1.54) is 6.07 Å². The van der Waals surface area contributed by atoms with Crippen LogP contribution in [0, 0.1) is 0 Å². The van der Waals surface area contributed by atoms with E-state index in [1.807, 2.05) is 0 Å². The molecule has 7 heteroatoms. The van der Waals surface area contributed by atoms with Crippen LogP contribution in [0.15, 0.2) is 47.4 Å². The SMILES string of the molecule is O=C(C[S@](=O)c1ccccc1Cl)Nc1ccc(Cl)cc1Cl. The molecule has 0 heterocycles. The molecule has 0 unspecified atom stereocenters. The van der Waals surface area contributed by atoms with E-state index in [1.54, 1.807) is 36.4 Å². The molecule has 1 amide bonds. The number of rotatable bonds is 4. The van der Waals surface area contributed by atoms with E-state index in [9.17, 15) is 9.00 Å². The second-order valence-corrected chi connectivity index (χ2v) is 6.76. The quantitative estimate of drug-likeness (QED) is 0.876. The van der Waals surface area contributed by atoms with Gasteiger partial charge in [0.15, 0.2) is 0 Å². The van der Waals surface area contributed by atoms with Crippen molar-refractivity contribution in [3.63, 3.8) is 0 Å². The van der Waals surface area contributed by atoms with Crippen molar-refractivity contribution >= 4 is 57.2 Å². The van der Waals surface area contributed by atoms with Crippen LogP contribution in [0.5, 0.6) is 0 Å². The Morgan fingerprint density at radius 3 is 2.43 bits per heavy atom. The van der Waals surface area contributed by atoms with Gasteiger partial charge in [0.25, 0.3) is 0 Å². The van der Waals surface area contributed by atoms with E-state index in [4.69, 9.17) is 34.8 Å². The summed E-state index contributed by atoms with van der Waals surface area (Å²) < 4.78 is 12.1. The molecule has 3 nitrogen and oxygen atoms in total. The number of nitrogens with one attached hydrogen (secondary N) is 1. The third-order valence-corrected chi connectivity index (χ3v) is 4.91. The van der Waals surface area contributed by atoms with Crippen LogP contribution in [0.2, 0.25) is 15.1 Å². The highest BCUT2D eigenvalue weighted by Crippen LogP contribution is 2.25. The normalized spacial score (nSPS) is 12.0. The summed E-state index contributed by atoms with van der Waals surface area (Å²) in [7, 11) is -1.52. The molecule has 0 saturated heterocycles. The zero-order chi connectivity index (χ0) is 15.4. The summed E-state index contributed by atoms with van der Waals surface area (Å²) in [6, 6.07) is 11.4. The van der Waals surface area contributed by atoms with Crippen LogP contribution in [0.3, 0.4) is 0 Å². The number of halogens is 3. The fourth-order valence-electron chi connectivity index (χ4n) is 1.60. The molecule has 0 fully saturated rings. The Bertz CT molecular complexity index is 706. The van der Waals surface area contributed by atoms with Crippen molar-refractivity contribution in [2.75, 3.05) is 11.1 Å². The highest BCUT2D eigenvalue weighted by atomic mass is 35.5. The lowest BCUT2D eigenvalue weighted by Crippen LogP contribution is -2.19. The lowest BCUT2D eigenvalue weighted by molar-refractivity contribution is -0.113. The Labute approximate surface area is 139 Å². The van der Waals surface area contributed by atoms with Crippen LogP contribution in [0.4, 0.5) is 5.69 Å². The molecule has 0 spiro atoms.